The number of carbonyl (C=O) groups is 1. The van der Waals surface area contributed by atoms with Gasteiger partial charge >= 0.3 is 0 Å². The molecule has 2 atom stereocenters. The van der Waals surface area contributed by atoms with E-state index in [0.29, 0.717) is 6.54 Å². The lowest BCUT2D eigenvalue weighted by Gasteiger charge is -2.36. The maximum atomic E-state index is 13.2. The van der Waals surface area contributed by atoms with Gasteiger partial charge in [-0.25, -0.2) is 5.43 Å². The first-order valence-corrected chi connectivity index (χ1v) is 10.6. The Morgan fingerprint density at radius 2 is 1.90 bits per heavy atom. The average Bonchev–Trinajstić information content (AvgIpc) is 3.44. The Bertz CT molecular complexity index is 864. The van der Waals surface area contributed by atoms with Crippen molar-refractivity contribution in [2.45, 2.75) is 19.0 Å². The molecule has 2 fully saturated rings. The Labute approximate surface area is 171 Å². The van der Waals surface area contributed by atoms with Crippen LogP contribution in [-0.2, 0) is 17.8 Å². The van der Waals surface area contributed by atoms with Crippen LogP contribution in [0.25, 0.3) is 0 Å². The zero-order valence-electron chi connectivity index (χ0n) is 16.6. The fourth-order valence-electron chi connectivity index (χ4n) is 4.66. The first-order valence-electron chi connectivity index (χ1n) is 10.6. The van der Waals surface area contributed by atoms with Gasteiger partial charge in [0.25, 0.3) is 0 Å². The molecule has 2 saturated heterocycles. The summed E-state index contributed by atoms with van der Waals surface area (Å²) in [4.78, 5) is 17.7. The molecule has 6 nitrogen and oxygen atoms in total. The number of hydrazine groups is 1. The number of hydrogen-bond acceptors (Lipinski definition) is 5. The molecule has 0 aromatic heterocycles. The van der Waals surface area contributed by atoms with Gasteiger partial charge in [0, 0.05) is 45.7 Å². The third-order valence-electron chi connectivity index (χ3n) is 6.30. The minimum Gasteiger partial charge on any atom is -0.493 e. The zero-order chi connectivity index (χ0) is 19.6. The highest BCUT2D eigenvalue weighted by Gasteiger charge is 2.37. The molecular formula is C23H28N4O2. The van der Waals surface area contributed by atoms with Gasteiger partial charge in [0.1, 0.15) is 5.75 Å². The number of amides is 1. The van der Waals surface area contributed by atoms with Gasteiger partial charge in [0.15, 0.2) is 0 Å². The van der Waals surface area contributed by atoms with Crippen LogP contribution in [0.5, 0.6) is 5.75 Å². The second kappa shape index (κ2) is 8.14. The minimum absolute atomic E-state index is 0.0374. The quantitative estimate of drug-likeness (QED) is 0.830. The molecule has 0 bridgehead atoms. The monoisotopic (exact) mass is 392 g/mol. The maximum Gasteiger partial charge on any atom is 0.229 e. The van der Waals surface area contributed by atoms with Crippen molar-refractivity contribution in [3.63, 3.8) is 0 Å². The largest absolute Gasteiger partial charge is 0.493 e. The highest BCUT2D eigenvalue weighted by molar-refractivity contribution is 5.80. The highest BCUT2D eigenvalue weighted by atomic mass is 16.5. The van der Waals surface area contributed by atoms with Crippen LogP contribution in [0.2, 0.25) is 0 Å². The Morgan fingerprint density at radius 3 is 2.72 bits per heavy atom. The summed E-state index contributed by atoms with van der Waals surface area (Å²) >= 11 is 0. The second-order valence-corrected chi connectivity index (χ2v) is 8.16. The summed E-state index contributed by atoms with van der Waals surface area (Å²) in [6.07, 6.45) is 1.01. The molecule has 0 saturated carbocycles. The number of rotatable bonds is 4. The molecule has 152 valence electrons. The van der Waals surface area contributed by atoms with Crippen LogP contribution in [-0.4, -0.2) is 55.0 Å². The predicted molar refractivity (Wildman–Crippen MR) is 111 cm³/mol. The van der Waals surface area contributed by atoms with Gasteiger partial charge < -0.3 is 9.64 Å². The Kier molecular flexibility index (Phi) is 5.23. The summed E-state index contributed by atoms with van der Waals surface area (Å²) in [5, 5.41) is 0. The van der Waals surface area contributed by atoms with Crippen LogP contribution < -0.4 is 15.6 Å². The van der Waals surface area contributed by atoms with Crippen molar-refractivity contribution in [3.8, 4) is 5.75 Å². The van der Waals surface area contributed by atoms with Crippen molar-refractivity contribution in [2.75, 3.05) is 39.3 Å². The molecule has 5 rings (SSSR count). The molecule has 6 heteroatoms. The number of fused-ring (bicyclic) bond motifs is 1. The van der Waals surface area contributed by atoms with Gasteiger partial charge in [0.2, 0.25) is 5.91 Å². The van der Waals surface area contributed by atoms with Crippen LogP contribution in [0, 0.1) is 5.92 Å². The molecule has 2 aromatic rings. The number of carbonyl (C=O) groups excluding carboxylic acids is 1. The molecule has 2 N–H and O–H groups in total. The number of nitrogens with zero attached hydrogens (tertiary/aromatic N) is 2. The number of hydrogen-bond donors (Lipinski definition) is 2. The summed E-state index contributed by atoms with van der Waals surface area (Å²) in [5.41, 5.74) is 10.3. The van der Waals surface area contributed by atoms with Gasteiger partial charge in [-0.15, -0.1) is 0 Å². The van der Waals surface area contributed by atoms with E-state index < -0.39 is 0 Å². The van der Waals surface area contributed by atoms with Crippen LogP contribution in [0.1, 0.15) is 22.7 Å². The van der Waals surface area contributed by atoms with Gasteiger partial charge in [-0.05, 0) is 22.8 Å². The smallest absolute Gasteiger partial charge is 0.229 e. The van der Waals surface area contributed by atoms with Crippen molar-refractivity contribution in [2.24, 2.45) is 5.92 Å². The summed E-state index contributed by atoms with van der Waals surface area (Å²) in [7, 11) is 0. The first kappa shape index (κ1) is 18.6. The molecule has 3 heterocycles. The first-order chi connectivity index (χ1) is 14.3. The highest BCUT2D eigenvalue weighted by Crippen LogP contribution is 2.28. The lowest BCUT2D eigenvalue weighted by molar-refractivity contribution is -0.137. The van der Waals surface area contributed by atoms with Crippen LogP contribution in [0.4, 0.5) is 0 Å². The fraction of sp³-hybridized carbons (Fsp3) is 0.435. The zero-order valence-corrected chi connectivity index (χ0v) is 16.6. The number of ether oxygens (including phenoxy) is 1. The van der Waals surface area contributed by atoms with Crippen LogP contribution >= 0.6 is 0 Å². The van der Waals surface area contributed by atoms with E-state index in [9.17, 15) is 4.79 Å². The molecule has 0 radical (unpaired) electrons. The number of benzene rings is 2. The standard InChI is InChI=1S/C23H28N4O2/c28-23(20-15-24-25-22(20)18-4-2-1-3-5-18)27-11-9-26(10-12-27)16-17-6-7-21-19(14-17)8-13-29-21/h1-7,14,20,22,24-25H,8-13,15-16H2. The van der Waals surface area contributed by atoms with Crippen molar-refractivity contribution in [1.82, 2.24) is 20.7 Å². The fourth-order valence-corrected chi connectivity index (χ4v) is 4.66. The summed E-state index contributed by atoms with van der Waals surface area (Å²) in [5.74, 6) is 1.24. The van der Waals surface area contributed by atoms with Crippen molar-refractivity contribution < 1.29 is 9.53 Å². The van der Waals surface area contributed by atoms with Crippen LogP contribution in [0.3, 0.4) is 0 Å². The third kappa shape index (κ3) is 3.88. The predicted octanol–water partition coefficient (Wildman–Crippen LogP) is 1.73. The summed E-state index contributed by atoms with van der Waals surface area (Å²) in [6.45, 7) is 5.85. The van der Waals surface area contributed by atoms with Gasteiger partial charge in [-0.1, -0.05) is 42.5 Å². The van der Waals surface area contributed by atoms with Gasteiger partial charge in [-0.2, -0.15) is 0 Å². The molecular weight excluding hydrogens is 364 g/mol. The minimum atomic E-state index is -0.0549. The maximum absolute atomic E-state index is 13.2. The molecule has 29 heavy (non-hydrogen) atoms. The number of nitrogens with one attached hydrogen (secondary N) is 2. The van der Waals surface area contributed by atoms with Crippen molar-refractivity contribution >= 4 is 5.91 Å². The van der Waals surface area contributed by atoms with E-state index in [-0.39, 0.29) is 17.9 Å². The van der Waals surface area contributed by atoms with E-state index in [1.165, 1.54) is 11.1 Å². The number of piperazine rings is 1. The molecule has 0 spiro atoms. The van der Waals surface area contributed by atoms with Crippen LogP contribution in [0.15, 0.2) is 48.5 Å². The van der Waals surface area contributed by atoms with E-state index in [2.05, 4.69) is 46.1 Å². The Morgan fingerprint density at radius 1 is 1.07 bits per heavy atom. The van der Waals surface area contributed by atoms with Gasteiger partial charge in [0.05, 0.1) is 18.6 Å². The lowest BCUT2D eigenvalue weighted by atomic mass is 9.93. The Balaban J connectivity index is 1.18. The SMILES string of the molecule is O=C(C1CNNC1c1ccccc1)N1CCN(Cc2ccc3c(c2)CCO3)CC1. The van der Waals surface area contributed by atoms with Crippen molar-refractivity contribution in [3.05, 3.63) is 65.2 Å². The van der Waals surface area contributed by atoms with Gasteiger partial charge in [-0.3, -0.25) is 15.1 Å². The average molecular weight is 393 g/mol. The normalized spacial score (nSPS) is 24.3. The molecule has 0 aliphatic carbocycles. The van der Waals surface area contributed by atoms with E-state index in [1.54, 1.807) is 0 Å². The molecule has 3 aliphatic rings. The Hall–Kier alpha value is -2.41. The van der Waals surface area contributed by atoms with E-state index in [0.717, 1.165) is 57.1 Å². The molecule has 2 unspecified atom stereocenters. The molecule has 2 aromatic carbocycles. The third-order valence-corrected chi connectivity index (χ3v) is 6.30. The summed E-state index contributed by atoms with van der Waals surface area (Å²) < 4.78 is 5.61. The topological polar surface area (TPSA) is 56.8 Å². The van der Waals surface area contributed by atoms with E-state index >= 15 is 0 Å². The van der Waals surface area contributed by atoms with Crippen molar-refractivity contribution in [1.29, 1.82) is 0 Å². The summed E-state index contributed by atoms with van der Waals surface area (Å²) in [6, 6.07) is 16.8. The lowest BCUT2D eigenvalue weighted by Crippen LogP contribution is -2.50. The molecule has 1 amide bonds. The second-order valence-electron chi connectivity index (χ2n) is 8.16. The molecule has 3 aliphatic heterocycles. The van der Waals surface area contributed by atoms with E-state index in [4.69, 9.17) is 4.74 Å². The van der Waals surface area contributed by atoms with E-state index in [1.807, 2.05) is 23.1 Å².